The highest BCUT2D eigenvalue weighted by molar-refractivity contribution is 5.92. The van der Waals surface area contributed by atoms with Gasteiger partial charge in [-0.1, -0.05) is 35.5 Å². The molecule has 1 amide bonds. The second kappa shape index (κ2) is 6.54. The second-order valence-electron chi connectivity index (χ2n) is 5.42. The molecule has 1 aromatic carbocycles. The van der Waals surface area contributed by atoms with E-state index in [1.54, 1.807) is 31.5 Å². The van der Waals surface area contributed by atoms with Gasteiger partial charge in [-0.3, -0.25) is 9.88 Å². The number of hydrogen-bond donors (Lipinski definition) is 1. The summed E-state index contributed by atoms with van der Waals surface area (Å²) in [5, 5.41) is 13.8. The zero-order valence-electron chi connectivity index (χ0n) is 13.4. The number of carbonyl (C=O) groups is 1. The third kappa shape index (κ3) is 2.86. The molecule has 0 aliphatic rings. The van der Waals surface area contributed by atoms with Gasteiger partial charge < -0.3 is 9.63 Å². The Morgan fingerprint density at radius 3 is 2.46 bits per heavy atom. The van der Waals surface area contributed by atoms with Crippen molar-refractivity contribution >= 4 is 11.8 Å². The maximum absolute atomic E-state index is 12.0. The molecule has 6 nitrogen and oxygen atoms in total. The van der Waals surface area contributed by atoms with Crippen LogP contribution in [0.5, 0.6) is 0 Å². The normalized spacial score (nSPS) is 11.9. The topological polar surface area (TPSA) is 79.5 Å². The Kier molecular flexibility index (Phi) is 4.29. The first kappa shape index (κ1) is 15.7. The number of aryl methyl sites for hydroxylation is 1. The lowest BCUT2D eigenvalue weighted by Crippen LogP contribution is -2.32. The molecule has 1 N–H and O–H groups in total. The standard InChI is InChI=1S/C18H17N3O3/c1-12-16(17(24-20-12)15-8-10-19-11-9-15)21(18(22)23)13(2)14-6-4-3-5-7-14/h3-11,13H,1-2H3,(H,22,23). The van der Waals surface area contributed by atoms with Gasteiger partial charge in [0.2, 0.25) is 0 Å². The molecule has 0 saturated heterocycles. The fraction of sp³-hybridized carbons (Fsp3) is 0.167. The Balaban J connectivity index is 2.11. The molecule has 0 aliphatic heterocycles. The average molecular weight is 323 g/mol. The summed E-state index contributed by atoms with van der Waals surface area (Å²) in [7, 11) is 0. The van der Waals surface area contributed by atoms with E-state index in [1.165, 1.54) is 4.90 Å². The predicted octanol–water partition coefficient (Wildman–Crippen LogP) is 4.29. The van der Waals surface area contributed by atoms with Crippen molar-refractivity contribution < 1.29 is 14.4 Å². The van der Waals surface area contributed by atoms with Gasteiger partial charge in [0.25, 0.3) is 0 Å². The van der Waals surface area contributed by atoms with Gasteiger partial charge in [0.15, 0.2) is 5.76 Å². The van der Waals surface area contributed by atoms with Crippen LogP contribution in [-0.4, -0.2) is 21.3 Å². The Morgan fingerprint density at radius 1 is 1.17 bits per heavy atom. The van der Waals surface area contributed by atoms with E-state index in [0.717, 1.165) is 11.1 Å². The van der Waals surface area contributed by atoms with Gasteiger partial charge in [0.1, 0.15) is 11.4 Å². The van der Waals surface area contributed by atoms with Crippen LogP contribution in [0.4, 0.5) is 10.5 Å². The van der Waals surface area contributed by atoms with E-state index in [2.05, 4.69) is 10.1 Å². The Bertz CT molecular complexity index is 831. The zero-order valence-corrected chi connectivity index (χ0v) is 13.4. The number of anilines is 1. The van der Waals surface area contributed by atoms with Crippen LogP contribution in [0.25, 0.3) is 11.3 Å². The van der Waals surface area contributed by atoms with Crippen LogP contribution in [0.15, 0.2) is 59.4 Å². The molecular formula is C18H17N3O3. The molecular weight excluding hydrogens is 306 g/mol. The van der Waals surface area contributed by atoms with Crippen molar-refractivity contribution in [2.75, 3.05) is 4.90 Å². The number of rotatable bonds is 4. The van der Waals surface area contributed by atoms with E-state index < -0.39 is 6.09 Å². The largest absolute Gasteiger partial charge is 0.465 e. The highest BCUT2D eigenvalue weighted by Crippen LogP contribution is 2.38. The van der Waals surface area contributed by atoms with Crippen LogP contribution in [0, 0.1) is 6.92 Å². The lowest BCUT2D eigenvalue weighted by atomic mass is 10.1. The van der Waals surface area contributed by atoms with E-state index in [1.807, 2.05) is 37.3 Å². The molecule has 0 spiro atoms. The minimum atomic E-state index is -1.06. The molecule has 0 saturated carbocycles. The highest BCUT2D eigenvalue weighted by atomic mass is 16.5. The molecule has 6 heteroatoms. The summed E-state index contributed by atoms with van der Waals surface area (Å²) in [5.41, 5.74) is 2.59. The molecule has 1 atom stereocenters. The molecule has 3 rings (SSSR count). The number of carboxylic acid groups (broad SMARTS) is 1. The summed E-state index contributed by atoms with van der Waals surface area (Å²) in [6.07, 6.45) is 2.19. The summed E-state index contributed by atoms with van der Waals surface area (Å²) < 4.78 is 5.42. The predicted molar refractivity (Wildman–Crippen MR) is 89.8 cm³/mol. The van der Waals surface area contributed by atoms with Crippen molar-refractivity contribution in [2.45, 2.75) is 19.9 Å². The van der Waals surface area contributed by atoms with Gasteiger partial charge >= 0.3 is 6.09 Å². The third-order valence-electron chi connectivity index (χ3n) is 3.89. The van der Waals surface area contributed by atoms with E-state index in [9.17, 15) is 9.90 Å². The van der Waals surface area contributed by atoms with Crippen LogP contribution >= 0.6 is 0 Å². The van der Waals surface area contributed by atoms with Crippen molar-refractivity contribution in [1.29, 1.82) is 0 Å². The van der Waals surface area contributed by atoms with E-state index in [-0.39, 0.29) is 6.04 Å². The summed E-state index contributed by atoms with van der Waals surface area (Å²) >= 11 is 0. The van der Waals surface area contributed by atoms with Gasteiger partial charge in [-0.05, 0) is 31.5 Å². The Hall–Kier alpha value is -3.15. The molecule has 3 aromatic rings. The van der Waals surface area contributed by atoms with E-state index >= 15 is 0 Å². The van der Waals surface area contributed by atoms with Crippen molar-refractivity contribution in [3.63, 3.8) is 0 Å². The van der Waals surface area contributed by atoms with Crippen LogP contribution in [0.3, 0.4) is 0 Å². The summed E-state index contributed by atoms with van der Waals surface area (Å²) in [5.74, 6) is 0.417. The molecule has 2 aromatic heterocycles. The first-order valence-corrected chi connectivity index (χ1v) is 7.53. The molecule has 0 bridgehead atoms. The molecule has 24 heavy (non-hydrogen) atoms. The highest BCUT2D eigenvalue weighted by Gasteiger charge is 2.30. The Labute approximate surface area is 139 Å². The van der Waals surface area contributed by atoms with Crippen molar-refractivity contribution in [3.8, 4) is 11.3 Å². The minimum absolute atomic E-state index is 0.387. The fourth-order valence-corrected chi connectivity index (χ4v) is 2.68. The first-order chi connectivity index (χ1) is 11.6. The number of aromatic nitrogens is 2. The van der Waals surface area contributed by atoms with Crippen LogP contribution in [0.2, 0.25) is 0 Å². The van der Waals surface area contributed by atoms with Gasteiger partial charge in [-0.15, -0.1) is 0 Å². The minimum Gasteiger partial charge on any atom is -0.465 e. The fourth-order valence-electron chi connectivity index (χ4n) is 2.68. The average Bonchev–Trinajstić information content (AvgIpc) is 2.98. The van der Waals surface area contributed by atoms with Gasteiger partial charge in [-0.25, -0.2) is 4.79 Å². The zero-order chi connectivity index (χ0) is 17.1. The van der Waals surface area contributed by atoms with E-state index in [4.69, 9.17) is 4.52 Å². The molecule has 0 radical (unpaired) electrons. The number of benzene rings is 1. The van der Waals surface area contributed by atoms with Gasteiger partial charge in [0.05, 0.1) is 6.04 Å². The number of hydrogen-bond acceptors (Lipinski definition) is 4. The molecule has 0 fully saturated rings. The Morgan fingerprint density at radius 2 is 1.83 bits per heavy atom. The van der Waals surface area contributed by atoms with Crippen molar-refractivity contribution in [3.05, 3.63) is 66.1 Å². The second-order valence-corrected chi connectivity index (χ2v) is 5.42. The maximum atomic E-state index is 12.0. The number of amides is 1. The van der Waals surface area contributed by atoms with Crippen molar-refractivity contribution in [2.24, 2.45) is 0 Å². The SMILES string of the molecule is Cc1noc(-c2ccncc2)c1N(C(=O)O)C(C)c1ccccc1. The maximum Gasteiger partial charge on any atom is 0.412 e. The summed E-state index contributed by atoms with van der Waals surface area (Å²) in [6, 6.07) is 12.6. The molecule has 122 valence electrons. The lowest BCUT2D eigenvalue weighted by Gasteiger charge is -2.26. The van der Waals surface area contributed by atoms with Crippen LogP contribution in [0.1, 0.15) is 24.2 Å². The quantitative estimate of drug-likeness (QED) is 0.774. The monoisotopic (exact) mass is 323 g/mol. The van der Waals surface area contributed by atoms with Gasteiger partial charge in [0, 0.05) is 18.0 Å². The third-order valence-corrected chi connectivity index (χ3v) is 3.89. The molecule has 1 unspecified atom stereocenters. The summed E-state index contributed by atoms with van der Waals surface area (Å²) in [4.78, 5) is 17.3. The van der Waals surface area contributed by atoms with Crippen LogP contribution in [-0.2, 0) is 0 Å². The number of pyridine rings is 1. The van der Waals surface area contributed by atoms with Gasteiger partial charge in [-0.2, -0.15) is 0 Å². The smallest absolute Gasteiger partial charge is 0.412 e. The molecule has 2 heterocycles. The summed E-state index contributed by atoms with van der Waals surface area (Å²) in [6.45, 7) is 3.57. The lowest BCUT2D eigenvalue weighted by molar-refractivity contribution is 0.199. The van der Waals surface area contributed by atoms with E-state index in [0.29, 0.717) is 17.1 Å². The first-order valence-electron chi connectivity index (χ1n) is 7.53. The molecule has 0 aliphatic carbocycles. The van der Waals surface area contributed by atoms with Crippen molar-refractivity contribution in [1.82, 2.24) is 10.1 Å². The number of nitrogens with zero attached hydrogens (tertiary/aromatic N) is 3. The van der Waals surface area contributed by atoms with Crippen LogP contribution < -0.4 is 4.90 Å².